The summed E-state index contributed by atoms with van der Waals surface area (Å²) in [4.78, 5) is 11.5. The van der Waals surface area contributed by atoms with Crippen molar-refractivity contribution in [2.75, 3.05) is 20.2 Å². The Hall–Kier alpha value is -0.610. The van der Waals surface area contributed by atoms with Crippen molar-refractivity contribution in [3.8, 4) is 0 Å². The Labute approximate surface area is 104 Å². The van der Waals surface area contributed by atoms with Crippen LogP contribution in [0.1, 0.15) is 39.5 Å². The predicted molar refractivity (Wildman–Crippen MR) is 68.9 cm³/mol. The quantitative estimate of drug-likeness (QED) is 0.674. The molecule has 100 valence electrons. The fourth-order valence-corrected chi connectivity index (χ4v) is 2.28. The molecule has 1 unspecified atom stereocenters. The molecule has 0 saturated heterocycles. The van der Waals surface area contributed by atoms with Crippen LogP contribution in [-0.4, -0.2) is 38.3 Å². The molecule has 1 fully saturated rings. The van der Waals surface area contributed by atoms with Gasteiger partial charge in [-0.15, -0.1) is 0 Å². The summed E-state index contributed by atoms with van der Waals surface area (Å²) >= 11 is 0. The van der Waals surface area contributed by atoms with Crippen LogP contribution in [0.25, 0.3) is 0 Å². The Balaban J connectivity index is 2.01. The molecule has 1 aliphatic rings. The summed E-state index contributed by atoms with van der Waals surface area (Å²) in [5.74, 6) is 0.745. The van der Waals surface area contributed by atoms with Gasteiger partial charge in [-0.05, 0) is 45.7 Å². The maximum absolute atomic E-state index is 11.5. The van der Waals surface area contributed by atoms with Gasteiger partial charge in [0.15, 0.2) is 0 Å². The first kappa shape index (κ1) is 14.5. The van der Waals surface area contributed by atoms with Crippen LogP contribution in [0.5, 0.6) is 0 Å². The van der Waals surface area contributed by atoms with E-state index in [4.69, 9.17) is 4.74 Å². The van der Waals surface area contributed by atoms with Crippen LogP contribution < -0.4 is 10.6 Å². The molecule has 1 rings (SSSR count). The van der Waals surface area contributed by atoms with E-state index < -0.39 is 0 Å². The lowest BCUT2D eigenvalue weighted by atomic mass is 9.82. The normalized spacial score (nSPS) is 25.1. The number of ether oxygens (including phenoxy) is 1. The smallest absolute Gasteiger partial charge is 0.246 e. The molecule has 0 radical (unpaired) electrons. The number of hydrogen-bond donors (Lipinski definition) is 2. The Kier molecular flexibility index (Phi) is 6.52. The van der Waals surface area contributed by atoms with Gasteiger partial charge in [0, 0.05) is 6.04 Å². The van der Waals surface area contributed by atoms with Gasteiger partial charge in [0.25, 0.3) is 0 Å². The molecule has 2 N–H and O–H groups in total. The van der Waals surface area contributed by atoms with Crippen LogP contribution in [0.2, 0.25) is 0 Å². The highest BCUT2D eigenvalue weighted by molar-refractivity contribution is 5.77. The third-order valence-electron chi connectivity index (χ3n) is 3.26. The average Bonchev–Trinajstić information content (AvgIpc) is 2.21. The van der Waals surface area contributed by atoms with Crippen molar-refractivity contribution in [3.63, 3.8) is 0 Å². The molecule has 0 aromatic carbocycles. The summed E-state index contributed by atoms with van der Waals surface area (Å²) in [5.41, 5.74) is 0. The maximum Gasteiger partial charge on any atom is 0.246 e. The maximum atomic E-state index is 11.5. The summed E-state index contributed by atoms with van der Waals surface area (Å²) in [7, 11) is 1.97. The minimum absolute atomic E-state index is 0.0167. The van der Waals surface area contributed by atoms with Gasteiger partial charge in [-0.1, -0.05) is 13.3 Å². The van der Waals surface area contributed by atoms with E-state index in [0.29, 0.717) is 6.10 Å². The monoisotopic (exact) mass is 242 g/mol. The lowest BCUT2D eigenvalue weighted by Gasteiger charge is -2.34. The lowest BCUT2D eigenvalue weighted by molar-refractivity contribution is -0.131. The minimum atomic E-state index is 0.0167. The van der Waals surface area contributed by atoms with Gasteiger partial charge in [0.1, 0.15) is 6.61 Å². The molecular formula is C13H26N2O2. The molecule has 1 aliphatic carbocycles. The van der Waals surface area contributed by atoms with Gasteiger partial charge >= 0.3 is 0 Å². The fraction of sp³-hybridized carbons (Fsp3) is 0.923. The average molecular weight is 242 g/mol. The number of carbonyl (C=O) groups is 1. The van der Waals surface area contributed by atoms with E-state index in [9.17, 15) is 4.79 Å². The van der Waals surface area contributed by atoms with Crippen molar-refractivity contribution < 1.29 is 9.53 Å². The SMILES string of the molecule is CCCC(C)NC(=O)COC1CC(CNC)C1. The van der Waals surface area contributed by atoms with Crippen molar-refractivity contribution in [2.45, 2.75) is 51.7 Å². The highest BCUT2D eigenvalue weighted by Gasteiger charge is 2.29. The molecule has 0 aromatic rings. The van der Waals surface area contributed by atoms with Crippen molar-refractivity contribution in [1.82, 2.24) is 10.6 Å². The molecule has 1 atom stereocenters. The standard InChI is InChI=1S/C13H26N2O2/c1-4-5-10(2)15-13(16)9-17-12-6-11(7-12)8-14-3/h10-12,14H,4-9H2,1-3H3,(H,15,16). The predicted octanol–water partition coefficient (Wildman–Crippen LogP) is 1.31. The van der Waals surface area contributed by atoms with Crippen molar-refractivity contribution >= 4 is 5.91 Å². The Morgan fingerprint density at radius 2 is 2.18 bits per heavy atom. The van der Waals surface area contributed by atoms with Gasteiger partial charge < -0.3 is 15.4 Å². The summed E-state index contributed by atoms with van der Waals surface area (Å²) in [6, 6.07) is 0.259. The van der Waals surface area contributed by atoms with Crippen molar-refractivity contribution in [2.24, 2.45) is 5.92 Å². The van der Waals surface area contributed by atoms with E-state index >= 15 is 0 Å². The van der Waals surface area contributed by atoms with Crippen molar-refractivity contribution in [1.29, 1.82) is 0 Å². The molecular weight excluding hydrogens is 216 g/mol. The zero-order valence-corrected chi connectivity index (χ0v) is 11.3. The van der Waals surface area contributed by atoms with Gasteiger partial charge in [0.2, 0.25) is 5.91 Å². The molecule has 4 heteroatoms. The van der Waals surface area contributed by atoms with Crippen LogP contribution in [0.4, 0.5) is 0 Å². The first-order valence-electron chi connectivity index (χ1n) is 6.71. The summed E-state index contributed by atoms with van der Waals surface area (Å²) < 4.78 is 5.56. The van der Waals surface area contributed by atoms with Gasteiger partial charge in [-0.3, -0.25) is 4.79 Å². The van der Waals surface area contributed by atoms with E-state index in [-0.39, 0.29) is 18.6 Å². The molecule has 0 spiro atoms. The van der Waals surface area contributed by atoms with E-state index in [1.807, 2.05) is 14.0 Å². The molecule has 17 heavy (non-hydrogen) atoms. The Morgan fingerprint density at radius 3 is 2.76 bits per heavy atom. The second-order valence-corrected chi connectivity index (χ2v) is 5.09. The van der Waals surface area contributed by atoms with E-state index in [2.05, 4.69) is 17.6 Å². The Morgan fingerprint density at radius 1 is 1.47 bits per heavy atom. The molecule has 0 bridgehead atoms. The highest BCUT2D eigenvalue weighted by Crippen LogP contribution is 2.29. The summed E-state index contributed by atoms with van der Waals surface area (Å²) in [6.45, 7) is 5.42. The third kappa shape index (κ3) is 5.50. The van der Waals surface area contributed by atoms with E-state index in [1.54, 1.807) is 0 Å². The van der Waals surface area contributed by atoms with Gasteiger partial charge in [-0.25, -0.2) is 0 Å². The molecule has 0 heterocycles. The molecule has 4 nitrogen and oxygen atoms in total. The van der Waals surface area contributed by atoms with E-state index in [1.165, 1.54) is 0 Å². The van der Waals surface area contributed by atoms with Crippen LogP contribution in [0, 0.1) is 5.92 Å². The van der Waals surface area contributed by atoms with Gasteiger partial charge in [-0.2, -0.15) is 0 Å². The van der Waals surface area contributed by atoms with Crippen LogP contribution in [0.3, 0.4) is 0 Å². The van der Waals surface area contributed by atoms with Crippen LogP contribution >= 0.6 is 0 Å². The Bertz CT molecular complexity index is 227. The second-order valence-electron chi connectivity index (χ2n) is 5.09. The molecule has 0 aromatic heterocycles. The number of amides is 1. The number of carbonyl (C=O) groups excluding carboxylic acids is 1. The number of hydrogen-bond acceptors (Lipinski definition) is 3. The third-order valence-corrected chi connectivity index (χ3v) is 3.26. The molecule has 0 aliphatic heterocycles. The number of nitrogens with one attached hydrogen (secondary N) is 2. The molecule has 1 amide bonds. The first-order valence-corrected chi connectivity index (χ1v) is 6.71. The van der Waals surface area contributed by atoms with Crippen molar-refractivity contribution in [3.05, 3.63) is 0 Å². The van der Waals surface area contributed by atoms with Gasteiger partial charge in [0.05, 0.1) is 6.10 Å². The summed E-state index contributed by atoms with van der Waals surface area (Å²) in [6.07, 6.45) is 4.58. The topological polar surface area (TPSA) is 50.4 Å². The minimum Gasteiger partial charge on any atom is -0.368 e. The largest absolute Gasteiger partial charge is 0.368 e. The van der Waals surface area contributed by atoms with Crippen LogP contribution in [0.15, 0.2) is 0 Å². The first-order chi connectivity index (χ1) is 8.15. The lowest BCUT2D eigenvalue weighted by Crippen LogP contribution is -2.40. The molecule has 1 saturated carbocycles. The number of rotatable bonds is 8. The van der Waals surface area contributed by atoms with E-state index in [0.717, 1.165) is 38.1 Å². The highest BCUT2D eigenvalue weighted by atomic mass is 16.5. The zero-order valence-electron chi connectivity index (χ0n) is 11.3. The van der Waals surface area contributed by atoms with Crippen LogP contribution in [-0.2, 0) is 9.53 Å². The second kappa shape index (κ2) is 7.67. The fourth-order valence-electron chi connectivity index (χ4n) is 2.28. The summed E-state index contributed by atoms with van der Waals surface area (Å²) in [5, 5.41) is 6.10. The zero-order chi connectivity index (χ0) is 12.7.